The third-order valence-corrected chi connectivity index (χ3v) is 5.13. The van der Waals surface area contributed by atoms with Crippen LogP contribution in [-0.4, -0.2) is 23.8 Å². The predicted octanol–water partition coefficient (Wildman–Crippen LogP) is 4.24. The van der Waals surface area contributed by atoms with Crippen molar-refractivity contribution in [2.75, 3.05) is 0 Å². The van der Waals surface area contributed by atoms with Crippen molar-refractivity contribution in [1.82, 2.24) is 10.6 Å². The predicted molar refractivity (Wildman–Crippen MR) is 96.0 cm³/mol. The standard InChI is InChI=1S/C18H30N2O2S/c1-5-13-9-10-23-16(13)12-19-14-7-6-8-15(11-14)20-17(21)22-18(2,3)4/h9-10,14-15,19H,5-8,11-12H2,1-4H3,(H,20,21). The van der Waals surface area contributed by atoms with Crippen molar-refractivity contribution < 1.29 is 9.53 Å². The molecule has 0 aromatic carbocycles. The normalized spacial score (nSPS) is 21.9. The molecule has 2 atom stereocenters. The summed E-state index contributed by atoms with van der Waals surface area (Å²) in [6.07, 6.45) is 5.13. The van der Waals surface area contributed by atoms with Crippen molar-refractivity contribution >= 4 is 17.4 Å². The molecule has 1 aromatic rings. The largest absolute Gasteiger partial charge is 0.444 e. The first-order valence-electron chi connectivity index (χ1n) is 8.65. The van der Waals surface area contributed by atoms with E-state index in [1.807, 2.05) is 32.1 Å². The molecular formula is C18H30N2O2S. The van der Waals surface area contributed by atoms with Crippen LogP contribution in [0.4, 0.5) is 4.79 Å². The number of hydrogen-bond donors (Lipinski definition) is 2. The maximum Gasteiger partial charge on any atom is 0.407 e. The van der Waals surface area contributed by atoms with E-state index in [2.05, 4.69) is 29.0 Å². The number of rotatable bonds is 5. The lowest BCUT2D eigenvalue weighted by atomic mass is 9.91. The molecule has 0 radical (unpaired) electrons. The van der Waals surface area contributed by atoms with Crippen LogP contribution in [0.3, 0.4) is 0 Å². The Morgan fingerprint density at radius 3 is 2.78 bits per heavy atom. The van der Waals surface area contributed by atoms with Gasteiger partial charge in [0.25, 0.3) is 0 Å². The second kappa shape index (κ2) is 8.15. The number of carbonyl (C=O) groups is 1. The lowest BCUT2D eigenvalue weighted by Crippen LogP contribution is -2.45. The number of carbonyl (C=O) groups excluding carboxylic acids is 1. The van der Waals surface area contributed by atoms with E-state index in [4.69, 9.17) is 4.74 Å². The maximum absolute atomic E-state index is 11.9. The number of hydrogen-bond acceptors (Lipinski definition) is 4. The number of aryl methyl sites for hydroxylation is 1. The van der Waals surface area contributed by atoms with Crippen molar-refractivity contribution in [1.29, 1.82) is 0 Å². The van der Waals surface area contributed by atoms with Gasteiger partial charge in [-0.3, -0.25) is 0 Å². The topological polar surface area (TPSA) is 50.4 Å². The van der Waals surface area contributed by atoms with Crippen LogP contribution < -0.4 is 10.6 Å². The molecule has 130 valence electrons. The van der Waals surface area contributed by atoms with Gasteiger partial charge in [-0.1, -0.05) is 6.92 Å². The van der Waals surface area contributed by atoms with Gasteiger partial charge in [-0.25, -0.2) is 4.79 Å². The zero-order valence-electron chi connectivity index (χ0n) is 14.8. The molecule has 2 rings (SSSR count). The Hall–Kier alpha value is -1.07. The lowest BCUT2D eigenvalue weighted by Gasteiger charge is -2.31. The first-order valence-corrected chi connectivity index (χ1v) is 9.53. The van der Waals surface area contributed by atoms with Crippen LogP contribution in [0.25, 0.3) is 0 Å². The highest BCUT2D eigenvalue weighted by Crippen LogP contribution is 2.22. The summed E-state index contributed by atoms with van der Waals surface area (Å²) in [5, 5.41) is 8.86. The average molecular weight is 339 g/mol. The number of amides is 1. The van der Waals surface area contributed by atoms with E-state index in [0.29, 0.717) is 6.04 Å². The second-order valence-corrected chi connectivity index (χ2v) is 8.31. The van der Waals surface area contributed by atoms with E-state index >= 15 is 0 Å². The molecule has 1 heterocycles. The summed E-state index contributed by atoms with van der Waals surface area (Å²) in [4.78, 5) is 13.3. The van der Waals surface area contributed by atoms with Crippen molar-refractivity contribution in [2.45, 2.75) is 84.0 Å². The first-order chi connectivity index (χ1) is 10.9. The number of thiophene rings is 1. The quantitative estimate of drug-likeness (QED) is 0.844. The van der Waals surface area contributed by atoms with E-state index in [1.54, 1.807) is 0 Å². The van der Waals surface area contributed by atoms with Gasteiger partial charge in [0.15, 0.2) is 0 Å². The highest BCUT2D eigenvalue weighted by molar-refractivity contribution is 7.10. The fourth-order valence-corrected chi connectivity index (χ4v) is 3.98. The first kappa shape index (κ1) is 18.3. The van der Waals surface area contributed by atoms with E-state index in [1.165, 1.54) is 16.9 Å². The Balaban J connectivity index is 1.78. The number of alkyl carbamates (subject to hydrolysis) is 1. The smallest absolute Gasteiger partial charge is 0.407 e. The SMILES string of the molecule is CCc1ccsc1CNC1CCCC(NC(=O)OC(C)(C)C)C1. The molecule has 0 saturated heterocycles. The number of nitrogens with one attached hydrogen (secondary N) is 2. The van der Waals surface area contributed by atoms with Crippen LogP contribution in [0, 0.1) is 0 Å². The van der Waals surface area contributed by atoms with Crippen LogP contribution in [-0.2, 0) is 17.7 Å². The summed E-state index contributed by atoms with van der Waals surface area (Å²) in [6, 6.07) is 2.90. The summed E-state index contributed by atoms with van der Waals surface area (Å²) in [5.41, 5.74) is 1.01. The summed E-state index contributed by atoms with van der Waals surface area (Å²) in [5.74, 6) is 0. The maximum atomic E-state index is 11.9. The van der Waals surface area contributed by atoms with E-state index in [9.17, 15) is 4.79 Å². The summed E-state index contributed by atoms with van der Waals surface area (Å²) < 4.78 is 5.36. The molecule has 2 N–H and O–H groups in total. The number of ether oxygens (including phenoxy) is 1. The van der Waals surface area contributed by atoms with Crippen molar-refractivity contribution in [3.63, 3.8) is 0 Å². The monoisotopic (exact) mass is 338 g/mol. The summed E-state index contributed by atoms with van der Waals surface area (Å²) in [7, 11) is 0. The highest BCUT2D eigenvalue weighted by Gasteiger charge is 2.25. The van der Waals surface area contributed by atoms with Gasteiger partial charge in [0.1, 0.15) is 5.60 Å². The molecule has 1 aliphatic carbocycles. The Morgan fingerprint density at radius 2 is 2.09 bits per heavy atom. The van der Waals surface area contributed by atoms with Gasteiger partial charge in [0.05, 0.1) is 0 Å². The van der Waals surface area contributed by atoms with Gasteiger partial charge in [-0.05, 0) is 69.9 Å². The zero-order chi connectivity index (χ0) is 16.9. The van der Waals surface area contributed by atoms with Crippen LogP contribution >= 0.6 is 11.3 Å². The van der Waals surface area contributed by atoms with E-state index < -0.39 is 5.60 Å². The minimum Gasteiger partial charge on any atom is -0.444 e. The van der Waals surface area contributed by atoms with Gasteiger partial charge >= 0.3 is 6.09 Å². The fraction of sp³-hybridized carbons (Fsp3) is 0.722. The summed E-state index contributed by atoms with van der Waals surface area (Å²) in [6.45, 7) is 8.82. The Morgan fingerprint density at radius 1 is 1.35 bits per heavy atom. The van der Waals surface area contributed by atoms with Crippen molar-refractivity contribution in [2.24, 2.45) is 0 Å². The van der Waals surface area contributed by atoms with Crippen molar-refractivity contribution in [3.05, 3.63) is 21.9 Å². The Kier molecular flexibility index (Phi) is 6.48. The fourth-order valence-electron chi connectivity index (χ4n) is 3.05. The Labute approximate surface area is 144 Å². The zero-order valence-corrected chi connectivity index (χ0v) is 15.6. The molecule has 4 nitrogen and oxygen atoms in total. The molecule has 5 heteroatoms. The minimum absolute atomic E-state index is 0.213. The molecule has 2 unspecified atom stereocenters. The minimum atomic E-state index is -0.438. The molecule has 1 fully saturated rings. The van der Waals surface area contributed by atoms with Crippen LogP contribution in [0.2, 0.25) is 0 Å². The van der Waals surface area contributed by atoms with Gasteiger partial charge < -0.3 is 15.4 Å². The molecule has 23 heavy (non-hydrogen) atoms. The lowest BCUT2D eigenvalue weighted by molar-refractivity contribution is 0.0488. The van der Waals surface area contributed by atoms with Gasteiger partial charge in [0.2, 0.25) is 0 Å². The van der Waals surface area contributed by atoms with Gasteiger partial charge in [-0.2, -0.15) is 0 Å². The molecule has 1 saturated carbocycles. The van der Waals surface area contributed by atoms with Crippen LogP contribution in [0.15, 0.2) is 11.4 Å². The molecule has 1 aliphatic rings. The average Bonchev–Trinajstić information content (AvgIpc) is 2.90. The molecular weight excluding hydrogens is 308 g/mol. The molecule has 0 aliphatic heterocycles. The molecule has 0 spiro atoms. The van der Waals surface area contributed by atoms with E-state index in [-0.39, 0.29) is 12.1 Å². The van der Waals surface area contributed by atoms with Gasteiger partial charge in [0, 0.05) is 23.5 Å². The molecule has 1 aromatic heterocycles. The van der Waals surface area contributed by atoms with Gasteiger partial charge in [-0.15, -0.1) is 11.3 Å². The third-order valence-electron chi connectivity index (χ3n) is 4.16. The second-order valence-electron chi connectivity index (χ2n) is 7.31. The van der Waals surface area contributed by atoms with Crippen molar-refractivity contribution in [3.8, 4) is 0 Å². The van der Waals surface area contributed by atoms with E-state index in [0.717, 1.165) is 32.2 Å². The Bertz CT molecular complexity index is 507. The molecule has 0 bridgehead atoms. The van der Waals surface area contributed by atoms with Crippen LogP contribution in [0.5, 0.6) is 0 Å². The highest BCUT2D eigenvalue weighted by atomic mass is 32.1. The third kappa shape index (κ3) is 6.15. The van der Waals surface area contributed by atoms with Crippen LogP contribution in [0.1, 0.15) is 63.8 Å². The summed E-state index contributed by atoms with van der Waals surface area (Å²) >= 11 is 1.83. The molecule has 1 amide bonds.